The molecule has 0 atom stereocenters. The second kappa shape index (κ2) is 5.12. The van der Waals surface area contributed by atoms with Crippen molar-refractivity contribution in [1.82, 2.24) is 9.55 Å². The van der Waals surface area contributed by atoms with Crippen molar-refractivity contribution < 1.29 is 9.90 Å². The second-order valence-electron chi connectivity index (χ2n) is 3.65. The summed E-state index contributed by atoms with van der Waals surface area (Å²) in [7, 11) is 0. The summed E-state index contributed by atoms with van der Waals surface area (Å²) >= 11 is 0. The molecule has 0 unspecified atom stereocenters. The van der Waals surface area contributed by atoms with Crippen LogP contribution >= 0.6 is 0 Å². The molecular formula is C13H12N2O2. The molecule has 0 aliphatic rings. The molecule has 1 aromatic heterocycles. The molecule has 1 heterocycles. The Hall–Kier alpha value is -2.36. The minimum atomic E-state index is -0.940. The molecule has 0 saturated carbocycles. The van der Waals surface area contributed by atoms with Crippen molar-refractivity contribution >= 4 is 12.0 Å². The summed E-state index contributed by atoms with van der Waals surface area (Å²) in [6, 6.07) is 7.74. The number of imidazole rings is 1. The highest BCUT2D eigenvalue weighted by atomic mass is 16.4. The maximum Gasteiger partial charge on any atom is 0.328 e. The SMILES string of the molecule is O=C(O)/C=C/c1cccc(Cn2ccnc2)c1. The predicted octanol–water partition coefficient (Wildman–Crippen LogP) is 2.03. The lowest BCUT2D eigenvalue weighted by Gasteiger charge is -2.03. The number of hydrogen-bond donors (Lipinski definition) is 1. The van der Waals surface area contributed by atoms with E-state index in [1.165, 1.54) is 0 Å². The Bertz CT molecular complexity index is 530. The molecule has 0 aliphatic heterocycles. The highest BCUT2D eigenvalue weighted by Crippen LogP contribution is 2.08. The fraction of sp³-hybridized carbons (Fsp3) is 0.0769. The molecule has 86 valence electrons. The molecule has 0 aliphatic carbocycles. The Labute approximate surface area is 98.9 Å². The Kier molecular flexibility index (Phi) is 3.35. The van der Waals surface area contributed by atoms with Gasteiger partial charge in [-0.3, -0.25) is 0 Å². The maximum absolute atomic E-state index is 10.4. The van der Waals surface area contributed by atoms with Crippen molar-refractivity contribution in [3.05, 3.63) is 60.2 Å². The summed E-state index contributed by atoms with van der Waals surface area (Å²) in [5.74, 6) is -0.940. The molecule has 0 fully saturated rings. The van der Waals surface area contributed by atoms with E-state index < -0.39 is 5.97 Å². The largest absolute Gasteiger partial charge is 0.478 e. The van der Waals surface area contributed by atoms with Gasteiger partial charge in [-0.1, -0.05) is 18.2 Å². The van der Waals surface area contributed by atoms with Crippen LogP contribution in [0.1, 0.15) is 11.1 Å². The van der Waals surface area contributed by atoms with Gasteiger partial charge in [0, 0.05) is 25.0 Å². The summed E-state index contributed by atoms with van der Waals surface area (Å²) in [4.78, 5) is 14.4. The third kappa shape index (κ3) is 3.31. The molecule has 4 nitrogen and oxygen atoms in total. The highest BCUT2D eigenvalue weighted by molar-refractivity contribution is 5.85. The van der Waals surface area contributed by atoms with E-state index in [-0.39, 0.29) is 0 Å². The standard InChI is InChI=1S/C13H12N2O2/c16-13(17)5-4-11-2-1-3-12(8-11)9-15-7-6-14-10-15/h1-8,10H,9H2,(H,16,17)/b5-4+. The minimum Gasteiger partial charge on any atom is -0.478 e. The number of aromatic nitrogens is 2. The van der Waals surface area contributed by atoms with Gasteiger partial charge < -0.3 is 9.67 Å². The molecule has 2 aromatic rings. The van der Waals surface area contributed by atoms with E-state index >= 15 is 0 Å². The van der Waals surface area contributed by atoms with E-state index in [2.05, 4.69) is 4.98 Å². The van der Waals surface area contributed by atoms with Crippen LogP contribution in [0, 0.1) is 0 Å². The molecule has 0 bridgehead atoms. The highest BCUT2D eigenvalue weighted by Gasteiger charge is 1.96. The summed E-state index contributed by atoms with van der Waals surface area (Å²) in [6.07, 6.45) is 8.09. The molecule has 0 radical (unpaired) electrons. The molecule has 17 heavy (non-hydrogen) atoms. The number of aliphatic carboxylic acids is 1. The molecule has 1 N–H and O–H groups in total. The van der Waals surface area contributed by atoms with E-state index in [0.29, 0.717) is 0 Å². The van der Waals surface area contributed by atoms with Gasteiger partial charge in [-0.2, -0.15) is 0 Å². The lowest BCUT2D eigenvalue weighted by Crippen LogP contribution is -1.96. The fourth-order valence-corrected chi connectivity index (χ4v) is 1.55. The van der Waals surface area contributed by atoms with Gasteiger partial charge in [-0.15, -0.1) is 0 Å². The normalized spacial score (nSPS) is 10.8. The number of carboxylic acids is 1. The Balaban J connectivity index is 2.14. The first-order chi connectivity index (χ1) is 8.24. The maximum atomic E-state index is 10.4. The van der Waals surface area contributed by atoms with Crippen LogP contribution in [0.2, 0.25) is 0 Å². The van der Waals surface area contributed by atoms with Crippen LogP contribution in [0.15, 0.2) is 49.1 Å². The minimum absolute atomic E-state index is 0.731. The molecule has 2 rings (SSSR count). The van der Waals surface area contributed by atoms with Crippen LogP contribution in [0.5, 0.6) is 0 Å². The van der Waals surface area contributed by atoms with Gasteiger partial charge in [0.15, 0.2) is 0 Å². The van der Waals surface area contributed by atoms with Gasteiger partial charge in [-0.05, 0) is 23.3 Å². The van der Waals surface area contributed by atoms with Crippen LogP contribution in [-0.4, -0.2) is 20.6 Å². The first-order valence-corrected chi connectivity index (χ1v) is 5.20. The van der Waals surface area contributed by atoms with E-state index in [1.807, 2.05) is 35.0 Å². The number of carbonyl (C=O) groups is 1. The van der Waals surface area contributed by atoms with E-state index in [4.69, 9.17) is 5.11 Å². The molecule has 0 saturated heterocycles. The fourth-order valence-electron chi connectivity index (χ4n) is 1.55. The van der Waals surface area contributed by atoms with Gasteiger partial charge >= 0.3 is 5.97 Å². The summed E-state index contributed by atoms with van der Waals surface area (Å²) in [5, 5.41) is 8.55. The number of hydrogen-bond acceptors (Lipinski definition) is 2. The smallest absolute Gasteiger partial charge is 0.328 e. The van der Waals surface area contributed by atoms with Gasteiger partial charge in [0.1, 0.15) is 0 Å². The van der Waals surface area contributed by atoms with Gasteiger partial charge in [0.2, 0.25) is 0 Å². The Morgan fingerprint density at radius 2 is 2.35 bits per heavy atom. The van der Waals surface area contributed by atoms with E-state index in [9.17, 15) is 4.79 Å². The Morgan fingerprint density at radius 3 is 3.06 bits per heavy atom. The second-order valence-corrected chi connectivity index (χ2v) is 3.65. The van der Waals surface area contributed by atoms with Crippen LogP contribution < -0.4 is 0 Å². The van der Waals surface area contributed by atoms with Gasteiger partial charge in [0.05, 0.1) is 6.33 Å². The zero-order valence-corrected chi connectivity index (χ0v) is 9.15. The van der Waals surface area contributed by atoms with Crippen LogP contribution in [0.3, 0.4) is 0 Å². The molecule has 0 spiro atoms. The van der Waals surface area contributed by atoms with Crippen LogP contribution in [-0.2, 0) is 11.3 Å². The zero-order chi connectivity index (χ0) is 12.1. The molecule has 0 amide bonds. The van der Waals surface area contributed by atoms with Crippen molar-refractivity contribution in [3.63, 3.8) is 0 Å². The zero-order valence-electron chi connectivity index (χ0n) is 9.15. The summed E-state index contributed by atoms with van der Waals surface area (Å²) in [5.41, 5.74) is 1.99. The Morgan fingerprint density at radius 1 is 1.47 bits per heavy atom. The topological polar surface area (TPSA) is 55.1 Å². The molecular weight excluding hydrogens is 216 g/mol. The first kappa shape index (κ1) is 11.1. The van der Waals surface area contributed by atoms with Crippen molar-refractivity contribution in [1.29, 1.82) is 0 Å². The number of benzene rings is 1. The lowest BCUT2D eigenvalue weighted by molar-refractivity contribution is -0.131. The molecule has 4 heteroatoms. The number of carboxylic acid groups (broad SMARTS) is 1. The first-order valence-electron chi connectivity index (χ1n) is 5.20. The van der Waals surface area contributed by atoms with E-state index in [0.717, 1.165) is 23.7 Å². The van der Waals surface area contributed by atoms with Crippen LogP contribution in [0.25, 0.3) is 6.08 Å². The third-order valence-corrected chi connectivity index (χ3v) is 2.29. The van der Waals surface area contributed by atoms with Crippen molar-refractivity contribution in [2.24, 2.45) is 0 Å². The third-order valence-electron chi connectivity index (χ3n) is 2.29. The van der Waals surface area contributed by atoms with Crippen molar-refractivity contribution in [2.75, 3.05) is 0 Å². The quantitative estimate of drug-likeness (QED) is 0.814. The molecule has 1 aromatic carbocycles. The van der Waals surface area contributed by atoms with Crippen molar-refractivity contribution in [2.45, 2.75) is 6.54 Å². The monoisotopic (exact) mass is 228 g/mol. The average molecular weight is 228 g/mol. The number of rotatable bonds is 4. The average Bonchev–Trinajstić information content (AvgIpc) is 2.80. The van der Waals surface area contributed by atoms with Gasteiger partial charge in [-0.25, -0.2) is 9.78 Å². The number of nitrogens with zero attached hydrogens (tertiary/aromatic N) is 2. The summed E-state index contributed by atoms with van der Waals surface area (Å²) < 4.78 is 1.96. The predicted molar refractivity (Wildman–Crippen MR) is 64.4 cm³/mol. The van der Waals surface area contributed by atoms with Gasteiger partial charge in [0.25, 0.3) is 0 Å². The summed E-state index contributed by atoms with van der Waals surface area (Å²) in [6.45, 7) is 0.731. The van der Waals surface area contributed by atoms with Crippen LogP contribution in [0.4, 0.5) is 0 Å². The van der Waals surface area contributed by atoms with Crippen molar-refractivity contribution in [3.8, 4) is 0 Å². The lowest BCUT2D eigenvalue weighted by atomic mass is 10.1. The van der Waals surface area contributed by atoms with E-state index in [1.54, 1.807) is 18.6 Å².